The second kappa shape index (κ2) is 13.0. The van der Waals surface area contributed by atoms with Crippen molar-refractivity contribution >= 4 is 34.7 Å². The van der Waals surface area contributed by atoms with Gasteiger partial charge in [0.15, 0.2) is 12.4 Å². The van der Waals surface area contributed by atoms with Crippen LogP contribution in [-0.4, -0.2) is 29.2 Å². The van der Waals surface area contributed by atoms with E-state index in [4.69, 9.17) is 9.47 Å². The van der Waals surface area contributed by atoms with Crippen molar-refractivity contribution in [1.29, 1.82) is 0 Å². The van der Waals surface area contributed by atoms with Gasteiger partial charge in [0, 0.05) is 29.1 Å². The summed E-state index contributed by atoms with van der Waals surface area (Å²) in [6.07, 6.45) is 0. The minimum absolute atomic E-state index is 0.0315. The van der Waals surface area contributed by atoms with Crippen LogP contribution < -0.4 is 9.64 Å². The van der Waals surface area contributed by atoms with Gasteiger partial charge in [0.05, 0.1) is 16.1 Å². The summed E-state index contributed by atoms with van der Waals surface area (Å²) in [5.74, 6) is -0.883. The lowest BCUT2D eigenvalue weighted by Crippen LogP contribution is -2.28. The van der Waals surface area contributed by atoms with E-state index in [0.29, 0.717) is 22.9 Å². The molecule has 43 heavy (non-hydrogen) atoms. The van der Waals surface area contributed by atoms with Crippen molar-refractivity contribution < 1.29 is 28.8 Å². The first-order valence-corrected chi connectivity index (χ1v) is 13.2. The van der Waals surface area contributed by atoms with Crippen molar-refractivity contribution in [2.75, 3.05) is 11.5 Å². The van der Waals surface area contributed by atoms with Crippen molar-refractivity contribution in [2.45, 2.75) is 0 Å². The second-order valence-electron chi connectivity index (χ2n) is 9.23. The first-order valence-electron chi connectivity index (χ1n) is 13.2. The number of nitro benzene ring substituents is 1. The Balaban J connectivity index is 1.27. The molecule has 5 rings (SSSR count). The number of hydrogen-bond acceptors (Lipinski definition) is 7. The van der Waals surface area contributed by atoms with Crippen LogP contribution in [0, 0.1) is 10.1 Å². The molecule has 0 aromatic heterocycles. The monoisotopic (exact) mass is 572 g/mol. The number of benzene rings is 5. The molecule has 0 atom stereocenters. The Morgan fingerprint density at radius 3 is 1.65 bits per heavy atom. The molecule has 212 valence electrons. The van der Waals surface area contributed by atoms with E-state index in [1.165, 1.54) is 47.4 Å². The number of Topliss-reactive ketones (excluding diaryl/α,β-unsaturated/α-hetero) is 1. The van der Waals surface area contributed by atoms with Crippen LogP contribution in [0.15, 0.2) is 133 Å². The summed E-state index contributed by atoms with van der Waals surface area (Å²) in [7, 11) is 0. The van der Waals surface area contributed by atoms with Crippen molar-refractivity contribution in [3.8, 4) is 11.5 Å². The Labute approximate surface area is 246 Å². The molecule has 9 heteroatoms. The van der Waals surface area contributed by atoms with Gasteiger partial charge in [-0.3, -0.25) is 24.6 Å². The van der Waals surface area contributed by atoms with Crippen LogP contribution >= 0.6 is 0 Å². The van der Waals surface area contributed by atoms with E-state index >= 15 is 0 Å². The van der Waals surface area contributed by atoms with Crippen LogP contribution in [0.4, 0.5) is 17.1 Å². The fourth-order valence-electron chi connectivity index (χ4n) is 4.28. The zero-order valence-corrected chi connectivity index (χ0v) is 22.7. The van der Waals surface area contributed by atoms with Crippen molar-refractivity contribution in [2.24, 2.45) is 0 Å². The highest BCUT2D eigenvalue weighted by Gasteiger charge is 2.25. The zero-order chi connectivity index (χ0) is 30.2. The molecule has 0 aliphatic rings. The minimum atomic E-state index is -0.809. The van der Waals surface area contributed by atoms with E-state index in [1.54, 1.807) is 54.6 Å². The number of non-ortho nitro benzene ring substituents is 1. The fourth-order valence-corrected chi connectivity index (χ4v) is 4.28. The third kappa shape index (κ3) is 6.80. The second-order valence-corrected chi connectivity index (χ2v) is 9.23. The summed E-state index contributed by atoms with van der Waals surface area (Å²) >= 11 is 0. The maximum atomic E-state index is 13.8. The van der Waals surface area contributed by atoms with Crippen LogP contribution in [0.2, 0.25) is 0 Å². The smallest absolute Gasteiger partial charge is 0.339 e. The van der Waals surface area contributed by atoms with Crippen molar-refractivity contribution in [3.63, 3.8) is 0 Å². The van der Waals surface area contributed by atoms with Crippen LogP contribution in [-0.2, 0) is 4.74 Å². The lowest BCUT2D eigenvalue weighted by molar-refractivity contribution is -0.384. The number of hydrogen-bond donors (Lipinski definition) is 0. The molecule has 0 aliphatic heterocycles. The maximum Gasteiger partial charge on any atom is 0.339 e. The number of rotatable bonds is 10. The minimum Gasteiger partial charge on any atom is -0.457 e. The van der Waals surface area contributed by atoms with E-state index in [1.807, 2.05) is 36.4 Å². The average molecular weight is 573 g/mol. The maximum absolute atomic E-state index is 13.8. The molecular weight excluding hydrogens is 548 g/mol. The van der Waals surface area contributed by atoms with Crippen LogP contribution in [0.1, 0.15) is 31.1 Å². The molecule has 1 amide bonds. The third-order valence-electron chi connectivity index (χ3n) is 6.40. The van der Waals surface area contributed by atoms with E-state index in [-0.39, 0.29) is 22.4 Å². The highest BCUT2D eigenvalue weighted by atomic mass is 16.6. The molecule has 0 radical (unpaired) electrons. The molecule has 5 aromatic carbocycles. The van der Waals surface area contributed by atoms with Gasteiger partial charge in [-0.05, 0) is 72.8 Å². The Kier molecular flexibility index (Phi) is 8.63. The van der Waals surface area contributed by atoms with E-state index < -0.39 is 29.2 Å². The highest BCUT2D eigenvalue weighted by molar-refractivity contribution is 6.15. The Bertz CT molecular complexity index is 1720. The van der Waals surface area contributed by atoms with Crippen LogP contribution in [0.3, 0.4) is 0 Å². The molecule has 0 spiro atoms. The van der Waals surface area contributed by atoms with E-state index in [0.717, 1.165) is 0 Å². The number of ketones is 1. The van der Waals surface area contributed by atoms with E-state index in [2.05, 4.69) is 0 Å². The zero-order valence-electron chi connectivity index (χ0n) is 22.7. The first-order chi connectivity index (χ1) is 20.9. The predicted octanol–water partition coefficient (Wildman–Crippen LogP) is 7.41. The molecule has 5 aromatic rings. The van der Waals surface area contributed by atoms with Gasteiger partial charge in [0.1, 0.15) is 11.5 Å². The summed E-state index contributed by atoms with van der Waals surface area (Å²) in [6.45, 7) is -0.537. The standard InChI is InChI=1S/C34H24N2O7/c37-32(24-15-19-28(20-16-24)43-29-21-17-27(18-22-29)36(40)41)23-42-34(39)31-14-8-7-13-30(31)33(38)35(25-9-3-1-4-10-25)26-11-5-2-6-12-26/h1-22H,23H2. The van der Waals surface area contributed by atoms with Gasteiger partial charge in [0.25, 0.3) is 11.6 Å². The molecular formula is C34H24N2O7. The van der Waals surface area contributed by atoms with Gasteiger partial charge in [-0.2, -0.15) is 0 Å². The Morgan fingerprint density at radius 2 is 1.12 bits per heavy atom. The summed E-state index contributed by atoms with van der Waals surface area (Å²) in [4.78, 5) is 51.6. The summed E-state index contributed by atoms with van der Waals surface area (Å²) in [5.41, 5.74) is 1.63. The van der Waals surface area contributed by atoms with Crippen LogP contribution in [0.25, 0.3) is 0 Å². The SMILES string of the molecule is O=C(COC(=O)c1ccccc1C(=O)N(c1ccccc1)c1ccccc1)c1ccc(Oc2ccc([N+](=O)[O-])cc2)cc1. The molecule has 0 saturated carbocycles. The summed E-state index contributed by atoms with van der Waals surface area (Å²) < 4.78 is 11.0. The molecule has 0 unspecified atom stereocenters. The molecule has 0 bridgehead atoms. The Hall–Kier alpha value is -6.09. The number of carbonyl (C=O) groups is 3. The van der Waals surface area contributed by atoms with Crippen molar-refractivity contribution in [1.82, 2.24) is 0 Å². The number of anilines is 2. The van der Waals surface area contributed by atoms with Gasteiger partial charge in [-0.15, -0.1) is 0 Å². The van der Waals surface area contributed by atoms with E-state index in [9.17, 15) is 24.5 Å². The number of carbonyl (C=O) groups excluding carboxylic acids is 3. The number of ether oxygens (including phenoxy) is 2. The van der Waals surface area contributed by atoms with Gasteiger partial charge in [0.2, 0.25) is 0 Å². The first kappa shape index (κ1) is 28.4. The molecule has 0 saturated heterocycles. The highest BCUT2D eigenvalue weighted by Crippen LogP contribution is 2.29. The topological polar surface area (TPSA) is 116 Å². The molecule has 0 heterocycles. The van der Waals surface area contributed by atoms with Crippen LogP contribution in [0.5, 0.6) is 11.5 Å². The summed E-state index contributed by atoms with van der Waals surface area (Å²) in [5, 5.41) is 10.8. The number of amides is 1. The lowest BCUT2D eigenvalue weighted by atomic mass is 10.1. The average Bonchev–Trinajstić information content (AvgIpc) is 3.05. The normalized spacial score (nSPS) is 10.4. The number of esters is 1. The number of nitro groups is 1. The Morgan fingerprint density at radius 1 is 0.628 bits per heavy atom. The van der Waals surface area contributed by atoms with Gasteiger partial charge in [-0.25, -0.2) is 4.79 Å². The summed E-state index contributed by atoms with van der Waals surface area (Å²) in [6, 6.07) is 36.2. The largest absolute Gasteiger partial charge is 0.457 e. The van der Waals surface area contributed by atoms with Gasteiger partial charge >= 0.3 is 5.97 Å². The third-order valence-corrected chi connectivity index (χ3v) is 6.40. The molecule has 9 nitrogen and oxygen atoms in total. The lowest BCUT2D eigenvalue weighted by Gasteiger charge is -2.24. The van der Waals surface area contributed by atoms with Gasteiger partial charge < -0.3 is 9.47 Å². The number of nitrogens with zero attached hydrogens (tertiary/aromatic N) is 2. The number of para-hydroxylation sites is 2. The van der Waals surface area contributed by atoms with Crippen molar-refractivity contribution in [3.05, 3.63) is 160 Å². The molecule has 0 N–H and O–H groups in total. The predicted molar refractivity (Wildman–Crippen MR) is 160 cm³/mol. The molecule has 0 fully saturated rings. The van der Waals surface area contributed by atoms with Gasteiger partial charge in [-0.1, -0.05) is 48.5 Å². The molecule has 0 aliphatic carbocycles. The fraction of sp³-hybridized carbons (Fsp3) is 0.0294. The quantitative estimate of drug-likeness (QED) is 0.0741.